The number of amidine groups is 2. The van der Waals surface area contributed by atoms with Crippen LogP contribution < -0.4 is 5.32 Å². The maximum atomic E-state index is 8.00. The summed E-state index contributed by atoms with van der Waals surface area (Å²) in [6.07, 6.45) is 12.9. The summed E-state index contributed by atoms with van der Waals surface area (Å²) in [5, 5.41) is 11.8. The van der Waals surface area contributed by atoms with Crippen LogP contribution in [0.4, 0.5) is 0 Å². The summed E-state index contributed by atoms with van der Waals surface area (Å²) in [6, 6.07) is 3.61. The van der Waals surface area contributed by atoms with Crippen LogP contribution in [0.5, 0.6) is 0 Å². The summed E-state index contributed by atoms with van der Waals surface area (Å²) in [7, 11) is -1.51. The molecule has 1 aromatic heterocycles. The fourth-order valence-electron chi connectivity index (χ4n) is 1.45. The van der Waals surface area contributed by atoms with Gasteiger partial charge in [0.2, 0.25) is 0 Å². The summed E-state index contributed by atoms with van der Waals surface area (Å²) in [6.45, 7) is 1.13. The third-order valence-electron chi connectivity index (χ3n) is 2.83. The quantitative estimate of drug-likeness (QED) is 0.216. The summed E-state index contributed by atoms with van der Waals surface area (Å²) in [5.41, 5.74) is 0.536. The molecule has 0 saturated carbocycles. The first-order valence-corrected chi connectivity index (χ1v) is 13.4. The van der Waals surface area contributed by atoms with Gasteiger partial charge in [-0.15, -0.1) is 0 Å². The van der Waals surface area contributed by atoms with Crippen molar-refractivity contribution < 1.29 is 4.74 Å². The van der Waals surface area contributed by atoms with Gasteiger partial charge in [0.15, 0.2) is 11.0 Å². The number of hydrogen-bond donors (Lipinski definition) is 3. The second-order valence-corrected chi connectivity index (χ2v) is 17.3. The zero-order chi connectivity index (χ0) is 17.5. The molecule has 2 N–H and O–H groups in total. The van der Waals surface area contributed by atoms with Crippen molar-refractivity contribution in [1.82, 2.24) is 10.3 Å². The maximum absolute atomic E-state index is 8.00. The molecule has 0 fully saturated rings. The Morgan fingerprint density at radius 3 is 2.61 bits per heavy atom. The number of rotatable bonds is 6. The highest BCUT2D eigenvalue weighted by molar-refractivity contribution is 9.10. The average molecular weight is 423 g/mol. The molecular weight excluding hydrogens is 396 g/mol. The molecule has 1 heterocycles. The molecule has 5 nitrogen and oxygen atoms in total. The van der Waals surface area contributed by atoms with Gasteiger partial charge in [-0.1, -0.05) is 11.8 Å². The van der Waals surface area contributed by atoms with Crippen LogP contribution in [0.25, 0.3) is 0 Å². The van der Waals surface area contributed by atoms with Gasteiger partial charge in [0, 0.05) is 10.7 Å². The topological polar surface area (TPSA) is 70.4 Å². The summed E-state index contributed by atoms with van der Waals surface area (Å²) in [4.78, 5) is 8.42. The van der Waals surface area contributed by atoms with E-state index in [1.807, 2.05) is 12.3 Å². The number of thiol groups is 1. The Kier molecular flexibility index (Phi) is 7.57. The van der Waals surface area contributed by atoms with Crippen LogP contribution in [0.3, 0.4) is 0 Å². The van der Waals surface area contributed by atoms with Crippen LogP contribution >= 0.6 is 36.9 Å². The molecule has 132 valence electrons. The van der Waals surface area contributed by atoms with Crippen molar-refractivity contribution in [3.05, 3.63) is 28.5 Å². The van der Waals surface area contributed by atoms with Gasteiger partial charge < -0.3 is 10.1 Å². The summed E-state index contributed by atoms with van der Waals surface area (Å²) < 4.78 is 6.53. The van der Waals surface area contributed by atoms with Gasteiger partial charge >= 0.3 is 0 Å². The number of halogens is 1. The Hall–Kier alpha value is -0.570. The van der Waals surface area contributed by atoms with Gasteiger partial charge in [-0.05, 0) is 65.1 Å². The normalized spacial score (nSPS) is 14.2. The molecule has 23 heavy (non-hydrogen) atoms. The second-order valence-electron chi connectivity index (χ2n) is 7.23. The van der Waals surface area contributed by atoms with E-state index in [0.29, 0.717) is 17.6 Å². The number of nitrogens with one attached hydrogen (secondary N) is 2. The molecule has 0 aromatic carbocycles. The van der Waals surface area contributed by atoms with Gasteiger partial charge in [0.05, 0.1) is 6.61 Å². The van der Waals surface area contributed by atoms with Crippen LogP contribution in [0, 0.1) is 5.41 Å². The molecule has 0 radical (unpaired) electrons. The van der Waals surface area contributed by atoms with E-state index in [9.17, 15) is 0 Å². The Labute approximate surface area is 152 Å². The lowest BCUT2D eigenvalue weighted by atomic mass is 10.3. The van der Waals surface area contributed by atoms with Crippen LogP contribution in [-0.2, 0) is 4.74 Å². The van der Waals surface area contributed by atoms with E-state index in [4.69, 9.17) is 10.1 Å². The SMILES string of the molecule is CS/C(=N/C(=N)c1ccc(Br)cn1)NCOCC[SH](C)(C)(C)C. The van der Waals surface area contributed by atoms with Gasteiger partial charge in [-0.2, -0.15) is 0 Å². The van der Waals surface area contributed by atoms with E-state index < -0.39 is 9.16 Å². The average Bonchev–Trinajstić information content (AvgIpc) is 2.44. The molecule has 0 aliphatic heterocycles. The van der Waals surface area contributed by atoms with Gasteiger partial charge in [-0.3, -0.25) is 19.6 Å². The number of aromatic nitrogens is 1. The van der Waals surface area contributed by atoms with Crippen molar-refractivity contribution in [2.24, 2.45) is 4.99 Å². The highest BCUT2D eigenvalue weighted by Crippen LogP contribution is 2.54. The van der Waals surface area contributed by atoms with Crippen molar-refractivity contribution in [3.8, 4) is 0 Å². The number of hydrogen-bond acceptors (Lipinski definition) is 4. The Morgan fingerprint density at radius 2 is 2.09 bits per heavy atom. The lowest BCUT2D eigenvalue weighted by Gasteiger charge is -2.46. The first-order chi connectivity index (χ1) is 10.6. The smallest absolute Gasteiger partial charge is 0.173 e. The largest absolute Gasteiger partial charge is 0.361 e. The van der Waals surface area contributed by atoms with Crippen LogP contribution in [0.15, 0.2) is 27.8 Å². The molecule has 0 bridgehead atoms. The number of aliphatic imine (C=N–C) groups is 1. The van der Waals surface area contributed by atoms with Gasteiger partial charge in [0.25, 0.3) is 0 Å². The zero-order valence-electron chi connectivity index (χ0n) is 14.4. The second kappa shape index (κ2) is 8.50. The number of thioether (sulfide) groups is 1. The standard InChI is InChI=1S/C15H27BrN4OS2/c1-22-15(19-11-21-8-9-23(2,3,4)5)20-14(17)13-7-6-12(16)10-18-13/h6-7,10,23H,8-9,11H2,1-5H3,(H2,17,19,20). The van der Waals surface area contributed by atoms with Gasteiger partial charge in [0.1, 0.15) is 12.4 Å². The Bertz CT molecular complexity index is 558. The number of ether oxygens (including phenoxy) is 1. The van der Waals surface area contributed by atoms with E-state index in [-0.39, 0.29) is 5.84 Å². The number of pyridine rings is 1. The molecular formula is C15H27BrN4OS2. The fraction of sp³-hybridized carbons (Fsp3) is 0.533. The van der Waals surface area contributed by atoms with E-state index in [2.05, 4.69) is 56.2 Å². The third kappa shape index (κ3) is 9.34. The molecule has 0 aliphatic rings. The first-order valence-electron chi connectivity index (χ1n) is 7.22. The molecule has 0 atom stereocenters. The molecule has 0 spiro atoms. The van der Waals surface area contributed by atoms with Crippen molar-refractivity contribution in [2.75, 3.05) is 50.4 Å². The fourth-order valence-corrected chi connectivity index (χ4v) is 2.93. The van der Waals surface area contributed by atoms with Crippen molar-refractivity contribution in [2.45, 2.75) is 0 Å². The molecule has 1 rings (SSSR count). The maximum Gasteiger partial charge on any atom is 0.173 e. The van der Waals surface area contributed by atoms with E-state index >= 15 is 0 Å². The molecule has 1 aromatic rings. The predicted octanol–water partition coefficient (Wildman–Crippen LogP) is 3.04. The highest BCUT2D eigenvalue weighted by atomic mass is 79.9. The lowest BCUT2D eigenvalue weighted by molar-refractivity contribution is 0.144. The van der Waals surface area contributed by atoms with E-state index in [0.717, 1.165) is 16.8 Å². The van der Waals surface area contributed by atoms with Crippen molar-refractivity contribution >= 4 is 47.9 Å². The molecule has 0 saturated heterocycles. The molecule has 0 amide bonds. The molecule has 8 heteroatoms. The van der Waals surface area contributed by atoms with E-state index in [1.54, 1.807) is 12.3 Å². The highest BCUT2D eigenvalue weighted by Gasteiger charge is 2.17. The third-order valence-corrected chi connectivity index (χ3v) is 5.90. The van der Waals surface area contributed by atoms with Crippen molar-refractivity contribution in [1.29, 1.82) is 5.41 Å². The lowest BCUT2D eigenvalue weighted by Crippen LogP contribution is -2.27. The monoisotopic (exact) mass is 422 g/mol. The first kappa shape index (κ1) is 20.5. The number of nitrogens with zero attached hydrogens (tertiary/aromatic N) is 2. The minimum absolute atomic E-state index is 0.128. The summed E-state index contributed by atoms with van der Waals surface area (Å²) in [5.74, 6) is 1.22. The molecule has 0 aliphatic carbocycles. The Morgan fingerprint density at radius 1 is 1.39 bits per heavy atom. The Balaban J connectivity index is 2.47. The van der Waals surface area contributed by atoms with Crippen LogP contribution in [-0.4, -0.2) is 66.4 Å². The predicted molar refractivity (Wildman–Crippen MR) is 111 cm³/mol. The molecule has 0 unspecified atom stereocenters. The van der Waals surface area contributed by atoms with E-state index in [1.165, 1.54) is 11.8 Å². The van der Waals surface area contributed by atoms with Crippen LogP contribution in [0.2, 0.25) is 0 Å². The minimum Gasteiger partial charge on any atom is -0.361 e. The summed E-state index contributed by atoms with van der Waals surface area (Å²) >= 11 is 4.77. The minimum atomic E-state index is -1.51. The van der Waals surface area contributed by atoms with Crippen LogP contribution in [0.1, 0.15) is 5.69 Å². The van der Waals surface area contributed by atoms with Crippen molar-refractivity contribution in [3.63, 3.8) is 0 Å². The van der Waals surface area contributed by atoms with Gasteiger partial charge in [-0.25, -0.2) is 4.99 Å². The zero-order valence-corrected chi connectivity index (χ0v) is 17.7.